The summed E-state index contributed by atoms with van der Waals surface area (Å²) < 4.78 is 0. The molecule has 0 saturated carbocycles. The van der Waals surface area contributed by atoms with E-state index >= 15 is 0 Å². The Morgan fingerprint density at radius 3 is 2.65 bits per heavy atom. The fourth-order valence-electron chi connectivity index (χ4n) is 3.78. The summed E-state index contributed by atoms with van der Waals surface area (Å²) in [5, 5.41) is 7.82. The molecule has 168 valence electrons. The highest BCUT2D eigenvalue weighted by atomic mass is 16.2. The third-order valence-corrected chi connectivity index (χ3v) is 5.53. The van der Waals surface area contributed by atoms with E-state index in [0.29, 0.717) is 31.5 Å². The first-order valence-electron chi connectivity index (χ1n) is 10.2. The maximum absolute atomic E-state index is 13.3. The first kappa shape index (κ1) is 22.2. The normalized spacial score (nSPS) is 22.5. The third-order valence-electron chi connectivity index (χ3n) is 5.53. The standard InChI is InChI=1S/C19H27N7O5/c1-10(16(20)28)23-18(30)14-3-2-6-26(14)19(31)13(7-11-8-21-9-22-11)25-17(29)12-4-5-15(27)24-12/h8-10,12-14H,2-7H2,1H3,(H2,20,28)(H,21,22)(H,23,30)(H,24,27)(H,25,29)/t10-,12-,13-,14-/m0/s1. The van der Waals surface area contributed by atoms with Crippen LogP contribution in [0, 0.1) is 0 Å². The van der Waals surface area contributed by atoms with E-state index in [4.69, 9.17) is 5.73 Å². The number of primary amides is 1. The van der Waals surface area contributed by atoms with Crippen LogP contribution in [-0.4, -0.2) is 75.1 Å². The lowest BCUT2D eigenvalue weighted by atomic mass is 10.1. The SMILES string of the molecule is C[C@H](NC(=O)[C@@H]1CCCN1C(=O)[C@H](Cc1cnc[nH]1)NC(=O)[C@@H]1CCC(=O)N1)C(N)=O. The maximum Gasteiger partial charge on any atom is 0.246 e. The van der Waals surface area contributed by atoms with Crippen molar-refractivity contribution in [2.75, 3.05) is 6.54 Å². The Balaban J connectivity index is 1.73. The minimum atomic E-state index is -0.951. The largest absolute Gasteiger partial charge is 0.368 e. The number of imidazole rings is 1. The van der Waals surface area contributed by atoms with Crippen LogP contribution in [0.5, 0.6) is 0 Å². The minimum Gasteiger partial charge on any atom is -0.368 e. The Hall–Kier alpha value is -3.44. The van der Waals surface area contributed by atoms with Crippen molar-refractivity contribution in [1.82, 2.24) is 30.8 Å². The fourth-order valence-corrected chi connectivity index (χ4v) is 3.78. The molecule has 0 aromatic carbocycles. The van der Waals surface area contributed by atoms with Gasteiger partial charge in [-0.25, -0.2) is 4.98 Å². The van der Waals surface area contributed by atoms with Crippen LogP contribution in [0.3, 0.4) is 0 Å². The lowest BCUT2D eigenvalue weighted by molar-refractivity contribution is -0.142. The fraction of sp³-hybridized carbons (Fsp3) is 0.579. The van der Waals surface area contributed by atoms with Gasteiger partial charge < -0.3 is 31.6 Å². The molecule has 3 rings (SSSR count). The van der Waals surface area contributed by atoms with Gasteiger partial charge >= 0.3 is 0 Å². The van der Waals surface area contributed by atoms with Gasteiger partial charge in [-0.15, -0.1) is 0 Å². The molecule has 6 N–H and O–H groups in total. The summed E-state index contributed by atoms with van der Waals surface area (Å²) in [6.45, 7) is 1.82. The second-order valence-electron chi connectivity index (χ2n) is 7.82. The number of carbonyl (C=O) groups excluding carboxylic acids is 5. The quantitative estimate of drug-likeness (QED) is 0.307. The highest BCUT2D eigenvalue weighted by Crippen LogP contribution is 2.20. The minimum absolute atomic E-state index is 0.147. The zero-order chi connectivity index (χ0) is 22.5. The summed E-state index contributed by atoms with van der Waals surface area (Å²) >= 11 is 0. The monoisotopic (exact) mass is 433 g/mol. The maximum atomic E-state index is 13.3. The molecule has 2 aliphatic heterocycles. The average molecular weight is 433 g/mol. The summed E-state index contributed by atoms with van der Waals surface area (Å²) in [7, 11) is 0. The van der Waals surface area contributed by atoms with Gasteiger partial charge in [0, 0.05) is 31.3 Å². The molecule has 2 fully saturated rings. The van der Waals surface area contributed by atoms with Gasteiger partial charge in [0.15, 0.2) is 0 Å². The molecule has 0 aliphatic carbocycles. The first-order valence-corrected chi connectivity index (χ1v) is 10.2. The van der Waals surface area contributed by atoms with Gasteiger partial charge in [-0.05, 0) is 26.2 Å². The van der Waals surface area contributed by atoms with Crippen molar-refractivity contribution in [2.24, 2.45) is 5.73 Å². The van der Waals surface area contributed by atoms with E-state index in [0.717, 1.165) is 0 Å². The van der Waals surface area contributed by atoms with Crippen molar-refractivity contribution in [1.29, 1.82) is 0 Å². The first-order chi connectivity index (χ1) is 14.8. The smallest absolute Gasteiger partial charge is 0.246 e. The summed E-state index contributed by atoms with van der Waals surface area (Å²) in [6, 6.07) is -3.27. The van der Waals surface area contributed by atoms with Crippen LogP contribution in [-0.2, 0) is 30.4 Å². The number of aromatic nitrogens is 2. The summed E-state index contributed by atoms with van der Waals surface area (Å²) in [6.07, 6.45) is 4.82. The van der Waals surface area contributed by atoms with E-state index in [9.17, 15) is 24.0 Å². The Morgan fingerprint density at radius 1 is 1.26 bits per heavy atom. The van der Waals surface area contributed by atoms with Gasteiger partial charge in [-0.2, -0.15) is 0 Å². The van der Waals surface area contributed by atoms with E-state index in [2.05, 4.69) is 25.9 Å². The topological polar surface area (TPSA) is 179 Å². The van der Waals surface area contributed by atoms with Crippen molar-refractivity contribution in [3.63, 3.8) is 0 Å². The number of nitrogens with zero attached hydrogens (tertiary/aromatic N) is 2. The molecule has 0 unspecified atom stereocenters. The van der Waals surface area contributed by atoms with Crippen LogP contribution in [0.2, 0.25) is 0 Å². The number of hydrogen-bond acceptors (Lipinski definition) is 6. The Morgan fingerprint density at radius 2 is 2.03 bits per heavy atom. The second-order valence-corrected chi connectivity index (χ2v) is 7.82. The highest BCUT2D eigenvalue weighted by molar-refractivity contribution is 5.96. The van der Waals surface area contributed by atoms with Crippen molar-refractivity contribution in [2.45, 2.75) is 63.2 Å². The van der Waals surface area contributed by atoms with Gasteiger partial charge in [0.05, 0.1) is 6.33 Å². The average Bonchev–Trinajstić information content (AvgIpc) is 3.48. The zero-order valence-corrected chi connectivity index (χ0v) is 17.2. The molecule has 12 heteroatoms. The van der Waals surface area contributed by atoms with Gasteiger partial charge in [0.2, 0.25) is 29.5 Å². The summed E-state index contributed by atoms with van der Waals surface area (Å²) in [4.78, 5) is 69.5. The van der Waals surface area contributed by atoms with Crippen molar-refractivity contribution in [3.05, 3.63) is 18.2 Å². The van der Waals surface area contributed by atoms with Gasteiger partial charge in [0.25, 0.3) is 0 Å². The van der Waals surface area contributed by atoms with E-state index in [1.165, 1.54) is 18.2 Å². The Labute approximate surface area is 178 Å². The molecule has 1 aromatic rings. The molecular formula is C19H27N7O5. The lowest BCUT2D eigenvalue weighted by Gasteiger charge is -2.29. The van der Waals surface area contributed by atoms with Crippen molar-refractivity contribution < 1.29 is 24.0 Å². The van der Waals surface area contributed by atoms with Crippen LogP contribution in [0.4, 0.5) is 0 Å². The molecule has 0 spiro atoms. The summed E-state index contributed by atoms with van der Waals surface area (Å²) in [5.74, 6) is -2.22. The summed E-state index contributed by atoms with van der Waals surface area (Å²) in [5.41, 5.74) is 5.84. The number of rotatable bonds is 8. The highest BCUT2D eigenvalue weighted by Gasteiger charge is 2.39. The van der Waals surface area contributed by atoms with E-state index in [1.807, 2.05) is 0 Å². The number of likely N-dealkylation sites (tertiary alicyclic amines) is 1. The molecule has 5 amide bonds. The molecule has 2 saturated heterocycles. The Bertz CT molecular complexity index is 856. The van der Waals surface area contributed by atoms with Crippen LogP contribution >= 0.6 is 0 Å². The third kappa shape index (κ3) is 5.38. The molecule has 31 heavy (non-hydrogen) atoms. The van der Waals surface area contributed by atoms with E-state index < -0.39 is 47.8 Å². The van der Waals surface area contributed by atoms with Crippen molar-refractivity contribution in [3.8, 4) is 0 Å². The predicted octanol–water partition coefficient (Wildman–Crippen LogP) is -2.30. The number of aromatic amines is 1. The van der Waals surface area contributed by atoms with Gasteiger partial charge in [-0.1, -0.05) is 0 Å². The number of carbonyl (C=O) groups is 5. The molecule has 0 radical (unpaired) electrons. The number of H-pyrrole nitrogens is 1. The zero-order valence-electron chi connectivity index (χ0n) is 17.2. The van der Waals surface area contributed by atoms with Crippen LogP contribution < -0.4 is 21.7 Å². The van der Waals surface area contributed by atoms with Crippen LogP contribution in [0.1, 0.15) is 38.3 Å². The molecule has 1 aromatic heterocycles. The van der Waals surface area contributed by atoms with Gasteiger partial charge in [-0.3, -0.25) is 24.0 Å². The number of hydrogen-bond donors (Lipinski definition) is 5. The van der Waals surface area contributed by atoms with E-state index in [-0.39, 0.29) is 18.7 Å². The van der Waals surface area contributed by atoms with E-state index in [1.54, 1.807) is 6.20 Å². The molecule has 2 aliphatic rings. The van der Waals surface area contributed by atoms with Crippen LogP contribution in [0.25, 0.3) is 0 Å². The molecular weight excluding hydrogens is 406 g/mol. The molecule has 3 heterocycles. The molecule has 4 atom stereocenters. The molecule has 12 nitrogen and oxygen atoms in total. The number of nitrogens with one attached hydrogen (secondary N) is 4. The number of amides is 5. The van der Waals surface area contributed by atoms with Crippen molar-refractivity contribution >= 4 is 29.5 Å². The lowest BCUT2D eigenvalue weighted by Crippen LogP contribution is -2.57. The molecule has 0 bridgehead atoms. The number of nitrogens with two attached hydrogens (primary N) is 1. The van der Waals surface area contributed by atoms with Crippen LogP contribution in [0.15, 0.2) is 12.5 Å². The predicted molar refractivity (Wildman–Crippen MR) is 107 cm³/mol. The second kappa shape index (κ2) is 9.58. The van der Waals surface area contributed by atoms with Gasteiger partial charge in [0.1, 0.15) is 24.2 Å². The Kier molecular flexibility index (Phi) is 6.88.